The van der Waals surface area contributed by atoms with E-state index in [1.54, 1.807) is 0 Å². The minimum absolute atomic E-state index is 0. The van der Waals surface area contributed by atoms with Crippen LogP contribution in [-0.2, 0) is 6.54 Å². The Morgan fingerprint density at radius 2 is 1.84 bits per heavy atom. The maximum Gasteiger partial charge on any atom is 0.191 e. The van der Waals surface area contributed by atoms with Crippen LogP contribution in [0.15, 0.2) is 41.7 Å². The van der Waals surface area contributed by atoms with E-state index in [2.05, 4.69) is 27.6 Å². The number of halogens is 2. The Kier molecular flexibility index (Phi) is 9.47. The summed E-state index contributed by atoms with van der Waals surface area (Å²) in [6.07, 6.45) is 11.9. The zero-order valence-corrected chi connectivity index (χ0v) is 21.4. The van der Waals surface area contributed by atoms with Crippen molar-refractivity contribution < 1.29 is 0 Å². The first-order valence-electron chi connectivity index (χ1n) is 11.3. The molecule has 1 aromatic carbocycles. The molecule has 0 bridgehead atoms. The lowest BCUT2D eigenvalue weighted by atomic mass is 10.0. The number of rotatable bonds is 6. The van der Waals surface area contributed by atoms with Gasteiger partial charge in [0.1, 0.15) is 0 Å². The van der Waals surface area contributed by atoms with Crippen molar-refractivity contribution in [3.05, 3.63) is 47.2 Å². The fourth-order valence-electron chi connectivity index (χ4n) is 4.54. The maximum atomic E-state index is 5.98. The van der Waals surface area contributed by atoms with Crippen molar-refractivity contribution in [2.75, 3.05) is 19.6 Å². The third-order valence-corrected chi connectivity index (χ3v) is 6.45. The van der Waals surface area contributed by atoms with Crippen molar-refractivity contribution in [3.63, 3.8) is 0 Å². The second-order valence-electron chi connectivity index (χ2n) is 8.36. The highest BCUT2D eigenvalue weighted by molar-refractivity contribution is 14.0. The van der Waals surface area contributed by atoms with E-state index in [9.17, 15) is 0 Å². The van der Waals surface area contributed by atoms with Gasteiger partial charge in [0.2, 0.25) is 0 Å². The first kappa shape index (κ1) is 24.3. The number of nitrogens with one attached hydrogen (secondary N) is 2. The second kappa shape index (κ2) is 12.1. The van der Waals surface area contributed by atoms with Crippen molar-refractivity contribution in [2.24, 2.45) is 4.99 Å². The quantitative estimate of drug-likeness (QED) is 0.310. The summed E-state index contributed by atoms with van der Waals surface area (Å²) in [5.74, 6) is 0.899. The van der Waals surface area contributed by atoms with Gasteiger partial charge in [-0.15, -0.1) is 24.0 Å². The summed E-state index contributed by atoms with van der Waals surface area (Å²) in [6.45, 7) is 5.98. The number of aliphatic imine (C=N–C) groups is 1. The van der Waals surface area contributed by atoms with E-state index in [1.807, 2.05) is 41.3 Å². The van der Waals surface area contributed by atoms with Crippen molar-refractivity contribution in [1.29, 1.82) is 0 Å². The van der Waals surface area contributed by atoms with Gasteiger partial charge < -0.3 is 15.5 Å². The zero-order chi connectivity index (χ0) is 20.8. The Labute approximate surface area is 207 Å². The molecule has 0 radical (unpaired) electrons. The van der Waals surface area contributed by atoms with Crippen LogP contribution in [0.2, 0.25) is 5.02 Å². The first-order chi connectivity index (χ1) is 14.7. The molecular weight excluding hydrogens is 523 g/mol. The Morgan fingerprint density at radius 1 is 1.13 bits per heavy atom. The molecule has 0 atom stereocenters. The van der Waals surface area contributed by atoms with Gasteiger partial charge in [0, 0.05) is 48.5 Å². The molecule has 0 spiro atoms. The summed E-state index contributed by atoms with van der Waals surface area (Å²) >= 11 is 5.98. The molecule has 6 nitrogen and oxygen atoms in total. The molecule has 31 heavy (non-hydrogen) atoms. The lowest BCUT2D eigenvalue weighted by molar-refractivity contribution is 0.150. The summed E-state index contributed by atoms with van der Waals surface area (Å²) in [5, 5.41) is 12.2. The van der Waals surface area contributed by atoms with Gasteiger partial charge in [0.15, 0.2) is 5.96 Å². The van der Waals surface area contributed by atoms with Crippen molar-refractivity contribution in [2.45, 2.75) is 64.1 Å². The van der Waals surface area contributed by atoms with E-state index >= 15 is 0 Å². The van der Waals surface area contributed by atoms with Crippen LogP contribution in [0.4, 0.5) is 0 Å². The second-order valence-corrected chi connectivity index (χ2v) is 8.79. The average Bonchev–Trinajstić information content (AvgIpc) is 3.46. The Hall–Kier alpha value is -1.32. The minimum atomic E-state index is 0. The molecule has 1 saturated carbocycles. The summed E-state index contributed by atoms with van der Waals surface area (Å²) < 4.78 is 1.86. The predicted octanol–water partition coefficient (Wildman–Crippen LogP) is 4.61. The van der Waals surface area contributed by atoms with Gasteiger partial charge in [-0.3, -0.25) is 0 Å². The maximum absolute atomic E-state index is 5.98. The van der Waals surface area contributed by atoms with Crippen LogP contribution in [0.25, 0.3) is 5.69 Å². The number of aromatic nitrogens is 2. The van der Waals surface area contributed by atoms with Crippen LogP contribution in [0.1, 0.15) is 51.0 Å². The van der Waals surface area contributed by atoms with Gasteiger partial charge in [0.25, 0.3) is 0 Å². The fourth-order valence-corrected chi connectivity index (χ4v) is 4.66. The summed E-state index contributed by atoms with van der Waals surface area (Å²) in [4.78, 5) is 7.51. The van der Waals surface area contributed by atoms with Crippen LogP contribution in [0.5, 0.6) is 0 Å². The molecule has 2 heterocycles. The normalized spacial score (nSPS) is 18.7. The number of guanidine groups is 1. The van der Waals surface area contributed by atoms with Gasteiger partial charge in [-0.05, 0) is 56.9 Å². The number of nitrogens with zero attached hydrogens (tertiary/aromatic N) is 4. The van der Waals surface area contributed by atoms with Crippen LogP contribution >= 0.6 is 35.6 Å². The van der Waals surface area contributed by atoms with E-state index in [1.165, 1.54) is 51.6 Å². The third kappa shape index (κ3) is 6.83. The molecule has 1 aliphatic carbocycles. The van der Waals surface area contributed by atoms with Gasteiger partial charge in [-0.2, -0.15) is 5.10 Å². The molecule has 8 heteroatoms. The fraction of sp³-hybridized carbons (Fsp3) is 0.565. The topological polar surface area (TPSA) is 57.5 Å². The highest BCUT2D eigenvalue weighted by Gasteiger charge is 2.27. The Balaban J connectivity index is 0.00000272. The van der Waals surface area contributed by atoms with Crippen LogP contribution in [0.3, 0.4) is 0 Å². The largest absolute Gasteiger partial charge is 0.357 e. The Bertz CT molecular complexity index is 823. The number of piperidine rings is 1. The minimum Gasteiger partial charge on any atom is -0.357 e. The van der Waals surface area contributed by atoms with E-state index in [-0.39, 0.29) is 24.0 Å². The Morgan fingerprint density at radius 3 is 2.52 bits per heavy atom. The monoisotopic (exact) mass is 556 g/mol. The van der Waals surface area contributed by atoms with Gasteiger partial charge >= 0.3 is 0 Å². The SMILES string of the molecule is CCNC(=NCc1cnn(-c2ccc(Cl)cc2)c1)NC1CCN(C2CCCC2)CC1.I. The average molecular weight is 557 g/mol. The van der Waals surface area contributed by atoms with Crippen molar-refractivity contribution in [1.82, 2.24) is 25.3 Å². The molecule has 2 aromatic rings. The highest BCUT2D eigenvalue weighted by Crippen LogP contribution is 2.26. The molecule has 1 saturated heterocycles. The third-order valence-electron chi connectivity index (χ3n) is 6.20. The molecule has 2 N–H and O–H groups in total. The first-order valence-corrected chi connectivity index (χ1v) is 11.7. The van der Waals surface area contributed by atoms with Crippen LogP contribution in [-0.4, -0.2) is 52.4 Å². The molecule has 2 fully saturated rings. The molecule has 4 rings (SSSR count). The zero-order valence-electron chi connectivity index (χ0n) is 18.3. The molecule has 0 unspecified atom stereocenters. The molecular formula is C23H34ClIN6. The lowest BCUT2D eigenvalue weighted by Crippen LogP contribution is -2.50. The van der Waals surface area contributed by atoms with Gasteiger partial charge in [0.05, 0.1) is 18.4 Å². The number of benzene rings is 1. The number of hydrogen-bond donors (Lipinski definition) is 2. The van der Waals surface area contributed by atoms with E-state index in [0.29, 0.717) is 12.6 Å². The summed E-state index contributed by atoms with van der Waals surface area (Å²) in [7, 11) is 0. The van der Waals surface area contributed by atoms with Gasteiger partial charge in [-0.1, -0.05) is 24.4 Å². The van der Waals surface area contributed by atoms with E-state index in [0.717, 1.165) is 34.8 Å². The smallest absolute Gasteiger partial charge is 0.191 e. The lowest BCUT2D eigenvalue weighted by Gasteiger charge is -2.36. The number of hydrogen-bond acceptors (Lipinski definition) is 3. The number of likely N-dealkylation sites (tertiary alicyclic amines) is 1. The predicted molar refractivity (Wildman–Crippen MR) is 139 cm³/mol. The van der Waals surface area contributed by atoms with Crippen molar-refractivity contribution >= 4 is 41.5 Å². The molecule has 1 aromatic heterocycles. The summed E-state index contributed by atoms with van der Waals surface area (Å²) in [6, 6.07) is 9.02. The van der Waals surface area contributed by atoms with Gasteiger partial charge in [-0.25, -0.2) is 9.67 Å². The van der Waals surface area contributed by atoms with Crippen LogP contribution < -0.4 is 10.6 Å². The van der Waals surface area contributed by atoms with E-state index < -0.39 is 0 Å². The molecule has 1 aliphatic heterocycles. The standard InChI is InChI=1S/C23H33ClN6.HI/c1-2-25-23(28-20-11-13-29(14-12-20)21-5-3-4-6-21)26-15-18-16-27-30(17-18)22-9-7-19(24)8-10-22;/h7-10,16-17,20-21H,2-6,11-15H2,1H3,(H2,25,26,28);1H. The van der Waals surface area contributed by atoms with Crippen molar-refractivity contribution in [3.8, 4) is 5.69 Å². The molecule has 2 aliphatic rings. The highest BCUT2D eigenvalue weighted by atomic mass is 127. The van der Waals surface area contributed by atoms with E-state index in [4.69, 9.17) is 16.6 Å². The van der Waals surface area contributed by atoms with Crippen LogP contribution in [0, 0.1) is 0 Å². The molecule has 170 valence electrons. The molecule has 0 amide bonds. The summed E-state index contributed by atoms with van der Waals surface area (Å²) in [5.41, 5.74) is 2.08.